The number of rotatable bonds is 5. The van der Waals surface area contributed by atoms with Crippen LogP contribution in [0.25, 0.3) is 0 Å². The quantitative estimate of drug-likeness (QED) is 0.541. The number of carbonyl (C=O) groups excluding carboxylic acids is 2. The molecule has 0 N–H and O–H groups in total. The molecule has 2 saturated carbocycles. The van der Waals surface area contributed by atoms with Gasteiger partial charge in [-0.1, -0.05) is 6.92 Å². The van der Waals surface area contributed by atoms with Crippen LogP contribution in [0.4, 0.5) is 0 Å². The molecule has 8 heteroatoms. The summed E-state index contributed by atoms with van der Waals surface area (Å²) < 4.78 is 39.2. The Balaban J connectivity index is 1.55. The van der Waals surface area contributed by atoms with Gasteiger partial charge in [-0.2, -0.15) is 8.42 Å². The SMILES string of the molecule is CCC(C)(C)C(=O)OCC(=O)OC1C2OS(=O)(=O)C3C[C@@H]1CC23. The van der Waals surface area contributed by atoms with Gasteiger partial charge in [-0.05, 0) is 33.1 Å². The van der Waals surface area contributed by atoms with Crippen molar-refractivity contribution in [2.75, 3.05) is 6.61 Å². The summed E-state index contributed by atoms with van der Waals surface area (Å²) in [6.07, 6.45) is 0.649. The Labute approximate surface area is 135 Å². The lowest BCUT2D eigenvalue weighted by atomic mass is 9.91. The van der Waals surface area contributed by atoms with Gasteiger partial charge in [-0.25, -0.2) is 4.79 Å². The molecule has 2 aliphatic carbocycles. The molecule has 0 aromatic carbocycles. The van der Waals surface area contributed by atoms with Crippen LogP contribution in [0.2, 0.25) is 0 Å². The third kappa shape index (κ3) is 2.76. The van der Waals surface area contributed by atoms with Crippen LogP contribution < -0.4 is 0 Å². The van der Waals surface area contributed by atoms with Gasteiger partial charge < -0.3 is 9.47 Å². The summed E-state index contributed by atoms with van der Waals surface area (Å²) >= 11 is 0. The van der Waals surface area contributed by atoms with E-state index in [1.807, 2.05) is 6.92 Å². The number of hydrogen-bond acceptors (Lipinski definition) is 7. The highest BCUT2D eigenvalue weighted by Crippen LogP contribution is 2.55. The lowest BCUT2D eigenvalue weighted by molar-refractivity contribution is -0.171. The van der Waals surface area contributed by atoms with Crippen molar-refractivity contribution in [3.8, 4) is 0 Å². The third-order valence-corrected chi connectivity index (χ3v) is 7.21. The maximum Gasteiger partial charge on any atom is 0.344 e. The van der Waals surface area contributed by atoms with E-state index in [1.165, 1.54) is 0 Å². The second-order valence-electron chi connectivity index (χ2n) is 7.26. The lowest BCUT2D eigenvalue weighted by Gasteiger charge is -2.25. The van der Waals surface area contributed by atoms with Gasteiger partial charge in [0, 0.05) is 11.8 Å². The van der Waals surface area contributed by atoms with Crippen LogP contribution in [0.3, 0.4) is 0 Å². The molecule has 130 valence electrons. The van der Waals surface area contributed by atoms with E-state index in [9.17, 15) is 18.0 Å². The first-order valence-corrected chi connectivity index (χ1v) is 9.41. The highest BCUT2D eigenvalue weighted by Gasteiger charge is 2.65. The molecule has 23 heavy (non-hydrogen) atoms. The Morgan fingerprint density at radius 3 is 2.61 bits per heavy atom. The molecular weight excluding hydrogens is 324 g/mol. The standard InChI is InChI=1S/C15H22O7S/c1-4-15(2,3)14(17)20-7-11(16)21-12-8-5-9-10(6-8)23(18,19)22-13(9)12/h8-10,12-13H,4-7H2,1-3H3/t8-,9?,10?,12?,13?/m0/s1. The van der Waals surface area contributed by atoms with Gasteiger partial charge >= 0.3 is 11.9 Å². The molecular formula is C15H22O7S. The average Bonchev–Trinajstić information content (AvgIpc) is 3.08. The molecule has 0 aromatic heterocycles. The van der Waals surface area contributed by atoms with E-state index >= 15 is 0 Å². The predicted octanol–water partition coefficient (Wildman–Crippen LogP) is 1.01. The smallest absolute Gasteiger partial charge is 0.344 e. The van der Waals surface area contributed by atoms with Gasteiger partial charge in [-0.3, -0.25) is 8.98 Å². The highest BCUT2D eigenvalue weighted by atomic mass is 32.2. The predicted molar refractivity (Wildman–Crippen MR) is 78.7 cm³/mol. The summed E-state index contributed by atoms with van der Waals surface area (Å²) in [4.78, 5) is 23.8. The molecule has 0 amide bonds. The fourth-order valence-electron chi connectivity index (χ4n) is 3.69. The van der Waals surface area contributed by atoms with Crippen LogP contribution in [-0.4, -0.2) is 44.4 Å². The van der Waals surface area contributed by atoms with Gasteiger partial charge in [-0.15, -0.1) is 0 Å². The number of hydrogen-bond donors (Lipinski definition) is 0. The van der Waals surface area contributed by atoms with Crippen molar-refractivity contribution in [1.29, 1.82) is 0 Å². The zero-order chi connectivity index (χ0) is 17.0. The van der Waals surface area contributed by atoms with Crippen LogP contribution in [0.1, 0.15) is 40.0 Å². The van der Waals surface area contributed by atoms with E-state index in [2.05, 4.69) is 0 Å². The van der Waals surface area contributed by atoms with Gasteiger partial charge in [0.25, 0.3) is 10.1 Å². The van der Waals surface area contributed by atoms with Crippen molar-refractivity contribution >= 4 is 22.1 Å². The summed E-state index contributed by atoms with van der Waals surface area (Å²) in [5, 5.41) is -0.448. The second kappa shape index (κ2) is 5.44. The molecule has 4 unspecified atom stereocenters. The molecule has 0 spiro atoms. The first-order valence-electron chi connectivity index (χ1n) is 7.94. The Hall–Kier alpha value is -1.15. The minimum atomic E-state index is -3.53. The van der Waals surface area contributed by atoms with E-state index in [-0.39, 0.29) is 11.8 Å². The van der Waals surface area contributed by atoms with E-state index in [0.29, 0.717) is 19.3 Å². The van der Waals surface area contributed by atoms with Crippen LogP contribution in [0.5, 0.6) is 0 Å². The Morgan fingerprint density at radius 2 is 1.96 bits per heavy atom. The molecule has 2 bridgehead atoms. The van der Waals surface area contributed by atoms with Crippen LogP contribution in [0, 0.1) is 17.3 Å². The summed E-state index contributed by atoms with van der Waals surface area (Å²) in [6.45, 7) is 4.89. The van der Waals surface area contributed by atoms with Crippen molar-refractivity contribution in [2.45, 2.75) is 57.5 Å². The molecule has 0 radical (unpaired) electrons. The monoisotopic (exact) mass is 346 g/mol. The van der Waals surface area contributed by atoms with Crippen LogP contribution in [0.15, 0.2) is 0 Å². The maximum atomic E-state index is 11.9. The third-order valence-electron chi connectivity index (χ3n) is 5.44. The van der Waals surface area contributed by atoms with E-state index in [1.54, 1.807) is 13.8 Å². The fraction of sp³-hybridized carbons (Fsp3) is 0.867. The van der Waals surface area contributed by atoms with Gasteiger partial charge in [0.2, 0.25) is 0 Å². The molecule has 3 aliphatic rings. The molecule has 3 rings (SSSR count). The molecule has 1 saturated heterocycles. The zero-order valence-corrected chi connectivity index (χ0v) is 14.3. The highest BCUT2D eigenvalue weighted by molar-refractivity contribution is 7.87. The second-order valence-corrected chi connectivity index (χ2v) is 9.04. The topological polar surface area (TPSA) is 96.0 Å². The van der Waals surface area contributed by atoms with Crippen molar-refractivity contribution in [2.24, 2.45) is 17.3 Å². The number of carbonyl (C=O) groups is 2. The van der Waals surface area contributed by atoms with Crippen LogP contribution in [-0.2, 0) is 33.4 Å². The number of esters is 2. The molecule has 3 fully saturated rings. The Morgan fingerprint density at radius 1 is 1.26 bits per heavy atom. The van der Waals surface area contributed by atoms with Crippen LogP contribution >= 0.6 is 0 Å². The van der Waals surface area contributed by atoms with Crippen molar-refractivity contribution in [3.05, 3.63) is 0 Å². The summed E-state index contributed by atoms with van der Waals surface area (Å²) in [7, 11) is -3.53. The van der Waals surface area contributed by atoms with Gasteiger partial charge in [0.1, 0.15) is 12.2 Å². The molecule has 1 heterocycles. The maximum absolute atomic E-state index is 11.9. The van der Waals surface area contributed by atoms with Gasteiger partial charge in [0.05, 0.1) is 10.7 Å². The molecule has 1 aliphatic heterocycles. The first-order chi connectivity index (χ1) is 10.7. The Bertz CT molecular complexity index is 624. The minimum absolute atomic E-state index is 0.0130. The summed E-state index contributed by atoms with van der Waals surface area (Å²) in [6, 6.07) is 0. The molecule has 5 atom stereocenters. The number of fused-ring (bicyclic) bond motifs is 1. The zero-order valence-electron chi connectivity index (χ0n) is 13.5. The first kappa shape index (κ1) is 16.7. The summed E-state index contributed by atoms with van der Waals surface area (Å²) in [5.74, 6) is -1.18. The number of ether oxygens (including phenoxy) is 2. The van der Waals surface area contributed by atoms with E-state index in [4.69, 9.17) is 13.7 Å². The van der Waals surface area contributed by atoms with E-state index < -0.39 is 51.5 Å². The van der Waals surface area contributed by atoms with E-state index in [0.717, 1.165) is 0 Å². The van der Waals surface area contributed by atoms with Gasteiger partial charge in [0.15, 0.2) is 6.61 Å². The Kier molecular flexibility index (Phi) is 3.95. The summed E-state index contributed by atoms with van der Waals surface area (Å²) in [5.41, 5.74) is -0.650. The van der Waals surface area contributed by atoms with Crippen molar-refractivity contribution in [3.63, 3.8) is 0 Å². The largest absolute Gasteiger partial charge is 0.457 e. The van der Waals surface area contributed by atoms with Crippen molar-refractivity contribution < 1.29 is 31.7 Å². The molecule has 0 aromatic rings. The minimum Gasteiger partial charge on any atom is -0.457 e. The molecule has 7 nitrogen and oxygen atoms in total. The average molecular weight is 346 g/mol. The normalized spacial score (nSPS) is 36.9. The lowest BCUT2D eigenvalue weighted by Crippen LogP contribution is -2.38. The van der Waals surface area contributed by atoms with Crippen molar-refractivity contribution in [1.82, 2.24) is 0 Å². The fourth-order valence-corrected chi connectivity index (χ4v) is 5.58.